The lowest BCUT2D eigenvalue weighted by molar-refractivity contribution is -0.121. The topological polar surface area (TPSA) is 184 Å². The molecule has 0 radical (unpaired) electrons. The molecule has 2 saturated heterocycles. The number of ketones is 1. The number of hydrogen-bond donors (Lipinski definition) is 7. The average Bonchev–Trinajstić information content (AvgIpc) is 4.23. The highest BCUT2D eigenvalue weighted by Gasteiger charge is 2.21. The maximum Gasteiger partial charge on any atom is 0.158 e. The van der Waals surface area contributed by atoms with Crippen molar-refractivity contribution in [3.8, 4) is 0 Å². The molecule has 0 amide bonds. The molecule has 0 aromatic rings. The van der Waals surface area contributed by atoms with Crippen molar-refractivity contribution in [3.63, 3.8) is 0 Å². The third kappa shape index (κ3) is 76.5. The number of carbonyl (C=O) groups is 1. The number of carbonyl (C=O) groups excluding carboxylic acids is 1. The molecular weight excluding hydrogens is 773 g/mol. The van der Waals surface area contributed by atoms with Crippen molar-refractivity contribution in [1.29, 1.82) is 0 Å². The lowest BCUT2D eigenvalue weighted by atomic mass is 10.1. The first kappa shape index (κ1) is 68.8. The molecule has 2 heterocycles. The van der Waals surface area contributed by atoms with E-state index in [0.29, 0.717) is 18.6 Å². The minimum atomic E-state index is -0.489. The molecule has 370 valence electrons. The van der Waals surface area contributed by atoms with Gasteiger partial charge in [-0.05, 0) is 44.9 Å². The Kier molecular flexibility index (Phi) is 68.7. The van der Waals surface area contributed by atoms with E-state index in [1.54, 1.807) is 12.2 Å². The van der Waals surface area contributed by atoms with E-state index in [4.69, 9.17) is 45.2 Å². The fourth-order valence-corrected chi connectivity index (χ4v) is 5.25. The molecule has 0 unspecified atom stereocenters. The van der Waals surface area contributed by atoms with Gasteiger partial charge in [-0.2, -0.15) is 0 Å². The van der Waals surface area contributed by atoms with Crippen LogP contribution >= 0.6 is 0 Å². The lowest BCUT2D eigenvalue weighted by Crippen LogP contribution is -2.10. The van der Waals surface area contributed by atoms with Crippen LogP contribution in [0.5, 0.6) is 0 Å². The highest BCUT2D eigenvalue weighted by molar-refractivity contribution is 5.79. The Morgan fingerprint density at radius 3 is 1.02 bits per heavy atom. The van der Waals surface area contributed by atoms with Crippen LogP contribution in [0.15, 0.2) is 25.3 Å². The van der Waals surface area contributed by atoms with Crippen molar-refractivity contribution in [2.24, 2.45) is 0 Å². The minimum Gasteiger partial charge on any atom is -0.394 e. The first-order chi connectivity index (χ1) is 29.4. The zero-order valence-corrected chi connectivity index (χ0v) is 41.2. The summed E-state index contributed by atoms with van der Waals surface area (Å²) >= 11 is 0. The van der Waals surface area contributed by atoms with Crippen LogP contribution in [0.4, 0.5) is 0 Å². The summed E-state index contributed by atoms with van der Waals surface area (Å²) in [6, 6.07) is 0. The molecule has 0 spiro atoms. The molecule has 0 aromatic carbocycles. The molecule has 2 aliphatic rings. The van der Waals surface area contributed by atoms with E-state index in [1.807, 2.05) is 0 Å². The number of hydrogen-bond acceptors (Lipinski definition) is 10. The standard InChI is InChI=1S/2C8H16O.2C7H16O2.C7H14O2.2C7H14O/c2*1-3-5-6-7-8(9)4-2;3*1-2-3-4-5-7(9)6-8;2*1-2-3-4-5-7-6-8-7/h2*4,8-9H,2-3,5-7H2,1H3;2*7-9H,2-6H2,1H3;8H,2-6H2,1H3;2*7H,2-6H2,1H3/t2*8-;2*7-;;2*7-/m1100.00/s1. The first-order valence-corrected chi connectivity index (χ1v) is 25.0. The molecule has 61 heavy (non-hydrogen) atoms. The smallest absolute Gasteiger partial charge is 0.158 e. The monoisotopic (exact) mass is 879 g/mol. The van der Waals surface area contributed by atoms with E-state index in [1.165, 1.54) is 77.0 Å². The van der Waals surface area contributed by atoms with E-state index in [9.17, 15) is 4.79 Å². The van der Waals surface area contributed by atoms with Gasteiger partial charge in [0.2, 0.25) is 0 Å². The summed E-state index contributed by atoms with van der Waals surface area (Å²) in [6.45, 7) is 23.7. The average molecular weight is 879 g/mol. The molecule has 0 bridgehead atoms. The Balaban J connectivity index is -0.000000200. The Morgan fingerprint density at radius 1 is 0.492 bits per heavy atom. The molecule has 10 nitrogen and oxygen atoms in total. The molecule has 2 fully saturated rings. The van der Waals surface area contributed by atoms with Crippen molar-refractivity contribution < 1.29 is 50.0 Å². The van der Waals surface area contributed by atoms with Gasteiger partial charge in [-0.15, -0.1) is 13.2 Å². The van der Waals surface area contributed by atoms with E-state index < -0.39 is 12.2 Å². The quantitative estimate of drug-likeness (QED) is 0.0190. The Morgan fingerprint density at radius 2 is 0.770 bits per heavy atom. The largest absolute Gasteiger partial charge is 0.394 e. The van der Waals surface area contributed by atoms with Crippen molar-refractivity contribution in [2.75, 3.05) is 33.0 Å². The minimum absolute atomic E-state index is 0.0385. The second-order valence-corrected chi connectivity index (χ2v) is 16.3. The second kappa shape index (κ2) is 60.9. The van der Waals surface area contributed by atoms with Gasteiger partial charge < -0.3 is 45.2 Å². The summed E-state index contributed by atoms with van der Waals surface area (Å²) in [6.07, 6.45) is 34.4. The van der Waals surface area contributed by atoms with Crippen molar-refractivity contribution in [1.82, 2.24) is 0 Å². The van der Waals surface area contributed by atoms with Crippen molar-refractivity contribution in [2.45, 2.75) is 265 Å². The van der Waals surface area contributed by atoms with Crippen molar-refractivity contribution >= 4 is 5.78 Å². The highest BCUT2D eigenvalue weighted by atomic mass is 16.6. The fraction of sp³-hybridized carbons (Fsp3) is 0.902. The van der Waals surface area contributed by atoms with Crippen LogP contribution in [0.3, 0.4) is 0 Å². The van der Waals surface area contributed by atoms with Crippen LogP contribution in [0, 0.1) is 0 Å². The third-order valence-electron chi connectivity index (χ3n) is 9.75. The van der Waals surface area contributed by atoms with E-state index in [0.717, 1.165) is 110 Å². The fourth-order valence-electron chi connectivity index (χ4n) is 5.25. The van der Waals surface area contributed by atoms with E-state index in [-0.39, 0.29) is 37.8 Å². The van der Waals surface area contributed by atoms with Gasteiger partial charge in [-0.3, -0.25) is 4.79 Å². The maximum atomic E-state index is 10.4. The number of aliphatic hydroxyl groups is 7. The zero-order chi connectivity index (χ0) is 47.2. The van der Waals surface area contributed by atoms with E-state index >= 15 is 0 Å². The van der Waals surface area contributed by atoms with Gasteiger partial charge in [0.25, 0.3) is 0 Å². The van der Waals surface area contributed by atoms with Crippen LogP contribution in [-0.4, -0.2) is 111 Å². The maximum absolute atomic E-state index is 10.4. The predicted molar refractivity (Wildman–Crippen MR) is 259 cm³/mol. The number of aliphatic hydroxyl groups excluding tert-OH is 7. The van der Waals surface area contributed by atoms with Crippen LogP contribution < -0.4 is 0 Å². The van der Waals surface area contributed by atoms with E-state index in [2.05, 4.69) is 61.6 Å². The predicted octanol–water partition coefficient (Wildman–Crippen LogP) is 11.1. The molecule has 10 heteroatoms. The normalized spacial score (nSPS) is 16.1. The molecule has 2 rings (SSSR count). The van der Waals surface area contributed by atoms with Gasteiger partial charge in [-0.1, -0.05) is 189 Å². The van der Waals surface area contributed by atoms with Gasteiger partial charge >= 0.3 is 0 Å². The Labute approximate surface area is 378 Å². The number of unbranched alkanes of at least 4 members (excludes halogenated alkanes) is 14. The summed E-state index contributed by atoms with van der Waals surface area (Å²) in [7, 11) is 0. The van der Waals surface area contributed by atoms with Gasteiger partial charge in [0.05, 0.1) is 63.1 Å². The first-order valence-electron chi connectivity index (χ1n) is 25.0. The van der Waals surface area contributed by atoms with Crippen LogP contribution in [-0.2, 0) is 14.3 Å². The van der Waals surface area contributed by atoms with Gasteiger partial charge in [0, 0.05) is 6.42 Å². The number of rotatable bonds is 33. The van der Waals surface area contributed by atoms with Crippen LogP contribution in [0.2, 0.25) is 0 Å². The number of epoxide rings is 2. The Bertz CT molecular complexity index is 752. The number of Topliss-reactive ketones (excluding diaryl/α,β-unsaturated/α-hetero) is 1. The summed E-state index contributed by atoms with van der Waals surface area (Å²) in [5.41, 5.74) is 0. The summed E-state index contributed by atoms with van der Waals surface area (Å²) in [5, 5.41) is 60.7. The van der Waals surface area contributed by atoms with Gasteiger partial charge in [-0.25, -0.2) is 0 Å². The summed E-state index contributed by atoms with van der Waals surface area (Å²) in [5.74, 6) is -0.0385. The highest BCUT2D eigenvalue weighted by Crippen LogP contribution is 2.17. The SMILES string of the molecule is C=C[C@@H](O)CCCCC.C=C[C@@H](O)CCCCC.CCCCCC(=O)CO.CCCCC[C@H](O)CO.CCCCC[C@H](O)CO.CCCCC[C@H]1CO1.CCCCC[C@H]1CO1. The zero-order valence-electron chi connectivity index (χ0n) is 41.2. The van der Waals surface area contributed by atoms with Gasteiger partial charge in [0.1, 0.15) is 6.61 Å². The molecule has 2 aliphatic heterocycles. The molecular formula is C51H106O10. The third-order valence-corrected chi connectivity index (χ3v) is 9.75. The van der Waals surface area contributed by atoms with Crippen LogP contribution in [0.1, 0.15) is 228 Å². The molecule has 7 N–H and O–H groups in total. The molecule has 0 aliphatic carbocycles. The van der Waals surface area contributed by atoms with Crippen LogP contribution in [0.25, 0.3) is 0 Å². The van der Waals surface area contributed by atoms with Crippen molar-refractivity contribution in [3.05, 3.63) is 25.3 Å². The number of ether oxygens (including phenoxy) is 2. The Hall–Kier alpha value is -1.21. The molecule has 0 saturated carbocycles. The molecule has 6 atom stereocenters. The summed E-state index contributed by atoms with van der Waals surface area (Å²) in [4.78, 5) is 10.4. The second-order valence-electron chi connectivity index (χ2n) is 16.3. The summed E-state index contributed by atoms with van der Waals surface area (Å²) < 4.78 is 10.1. The molecule has 0 aromatic heterocycles. The lowest BCUT2D eigenvalue weighted by Gasteiger charge is -2.04. The van der Waals surface area contributed by atoms with Gasteiger partial charge in [0.15, 0.2) is 5.78 Å².